The van der Waals surface area contributed by atoms with E-state index in [9.17, 15) is 21.6 Å². The Bertz CT molecular complexity index is 1140. The zero-order valence-electron chi connectivity index (χ0n) is 17.3. The van der Waals surface area contributed by atoms with Gasteiger partial charge in [0.2, 0.25) is 15.9 Å². The van der Waals surface area contributed by atoms with Gasteiger partial charge >= 0.3 is 0 Å². The first-order valence-electron chi connectivity index (χ1n) is 9.47. The number of rotatable bonds is 7. The van der Waals surface area contributed by atoms with Gasteiger partial charge in [0.05, 0.1) is 35.7 Å². The molecule has 2 atom stereocenters. The van der Waals surface area contributed by atoms with Gasteiger partial charge in [0.25, 0.3) is 0 Å². The van der Waals surface area contributed by atoms with Crippen LogP contribution in [0.1, 0.15) is 36.5 Å². The number of carbonyl (C=O) groups excluding carboxylic acids is 1. The molecule has 0 bridgehead atoms. The van der Waals surface area contributed by atoms with Crippen LogP contribution in [0.4, 0.5) is 0 Å². The van der Waals surface area contributed by atoms with Crippen molar-refractivity contribution in [3.63, 3.8) is 0 Å². The van der Waals surface area contributed by atoms with Gasteiger partial charge in [0.15, 0.2) is 9.84 Å². The van der Waals surface area contributed by atoms with Crippen LogP contribution in [0.25, 0.3) is 0 Å². The van der Waals surface area contributed by atoms with Crippen molar-refractivity contribution in [3.8, 4) is 0 Å². The molecule has 1 aliphatic heterocycles. The van der Waals surface area contributed by atoms with Gasteiger partial charge in [-0.2, -0.15) is 9.40 Å². The molecule has 0 aliphatic carbocycles. The Balaban J connectivity index is 1.81. The summed E-state index contributed by atoms with van der Waals surface area (Å²) in [4.78, 5) is 12.7. The molecule has 1 N–H and O–H groups in total. The Morgan fingerprint density at radius 3 is 2.70 bits per heavy atom. The monoisotopic (exact) mass is 458 g/mol. The fourth-order valence-electron chi connectivity index (χ4n) is 3.60. The standard InChI is InChI=1S/C18H26N4O6S2/c1-12-17(30(26,27)21(4)10-16-6-5-8-28-16)13(2)22(20-12)14(3)18(23)19-15-7-9-29(24,25)11-15/h5-6,8,14-15H,7,9-11H2,1-4H3,(H,19,23)/t14-,15+/m1/s1. The highest BCUT2D eigenvalue weighted by Gasteiger charge is 2.33. The molecule has 2 aromatic rings. The van der Waals surface area contributed by atoms with Crippen LogP contribution < -0.4 is 5.32 Å². The van der Waals surface area contributed by atoms with E-state index in [1.807, 2.05) is 0 Å². The minimum Gasteiger partial charge on any atom is -0.468 e. The lowest BCUT2D eigenvalue weighted by molar-refractivity contribution is -0.124. The largest absolute Gasteiger partial charge is 0.468 e. The summed E-state index contributed by atoms with van der Waals surface area (Å²) in [5.74, 6) is 0.0646. The Hall–Kier alpha value is -2.18. The number of hydrogen-bond donors (Lipinski definition) is 1. The van der Waals surface area contributed by atoms with E-state index in [2.05, 4.69) is 10.4 Å². The minimum absolute atomic E-state index is 0.0413. The number of carbonyl (C=O) groups is 1. The van der Waals surface area contributed by atoms with E-state index in [4.69, 9.17) is 4.42 Å². The number of sulfone groups is 1. The van der Waals surface area contributed by atoms with Crippen molar-refractivity contribution in [2.45, 2.75) is 50.7 Å². The zero-order valence-corrected chi connectivity index (χ0v) is 19.0. The van der Waals surface area contributed by atoms with Crippen molar-refractivity contribution in [1.29, 1.82) is 0 Å². The lowest BCUT2D eigenvalue weighted by Crippen LogP contribution is -2.40. The fourth-order valence-corrected chi connectivity index (χ4v) is 6.77. The maximum Gasteiger partial charge on any atom is 0.246 e. The average molecular weight is 459 g/mol. The van der Waals surface area contributed by atoms with E-state index in [-0.39, 0.29) is 28.6 Å². The molecule has 3 heterocycles. The second-order valence-electron chi connectivity index (χ2n) is 7.57. The molecular formula is C18H26N4O6S2. The third-order valence-electron chi connectivity index (χ3n) is 5.21. The van der Waals surface area contributed by atoms with Crippen LogP contribution in [0.15, 0.2) is 27.7 Å². The summed E-state index contributed by atoms with van der Waals surface area (Å²) < 4.78 is 57.2. The maximum absolute atomic E-state index is 13.1. The van der Waals surface area contributed by atoms with E-state index in [1.165, 1.54) is 22.3 Å². The topological polar surface area (TPSA) is 132 Å². The van der Waals surface area contributed by atoms with Crippen LogP contribution in [0, 0.1) is 13.8 Å². The number of hydrogen-bond acceptors (Lipinski definition) is 7. The van der Waals surface area contributed by atoms with Gasteiger partial charge in [-0.1, -0.05) is 0 Å². The first-order chi connectivity index (χ1) is 13.9. The molecule has 2 aromatic heterocycles. The predicted octanol–water partition coefficient (Wildman–Crippen LogP) is 0.778. The summed E-state index contributed by atoms with van der Waals surface area (Å²) in [5, 5.41) is 7.02. The molecule has 1 fully saturated rings. The lowest BCUT2D eigenvalue weighted by atomic mass is 10.2. The molecule has 0 radical (unpaired) electrons. The predicted molar refractivity (Wildman–Crippen MR) is 109 cm³/mol. The van der Waals surface area contributed by atoms with Gasteiger partial charge in [-0.25, -0.2) is 16.8 Å². The highest BCUT2D eigenvalue weighted by atomic mass is 32.2. The first kappa shape index (κ1) is 22.5. The third-order valence-corrected chi connectivity index (χ3v) is 9.03. The van der Waals surface area contributed by atoms with Gasteiger partial charge in [-0.3, -0.25) is 9.48 Å². The summed E-state index contributed by atoms with van der Waals surface area (Å²) in [6, 6.07) is 2.13. The van der Waals surface area contributed by atoms with Crippen LogP contribution in [0.3, 0.4) is 0 Å². The Labute approximate surface area is 176 Å². The smallest absolute Gasteiger partial charge is 0.246 e. The average Bonchev–Trinajstić information content (AvgIpc) is 3.34. The molecule has 12 heteroatoms. The first-order valence-corrected chi connectivity index (χ1v) is 12.7. The van der Waals surface area contributed by atoms with Crippen molar-refractivity contribution in [2.75, 3.05) is 18.6 Å². The molecule has 1 aliphatic rings. The number of nitrogens with zero attached hydrogens (tertiary/aromatic N) is 3. The maximum atomic E-state index is 13.1. The zero-order chi connectivity index (χ0) is 22.3. The molecule has 1 saturated heterocycles. The minimum atomic E-state index is -3.87. The number of aromatic nitrogens is 2. The second-order valence-corrected chi connectivity index (χ2v) is 11.8. The van der Waals surface area contributed by atoms with Crippen LogP contribution >= 0.6 is 0 Å². The van der Waals surface area contributed by atoms with Crippen molar-refractivity contribution in [1.82, 2.24) is 19.4 Å². The summed E-state index contributed by atoms with van der Waals surface area (Å²) in [5.41, 5.74) is 0.613. The van der Waals surface area contributed by atoms with E-state index >= 15 is 0 Å². The SMILES string of the molecule is Cc1nn([C@H](C)C(=O)N[C@H]2CCS(=O)(=O)C2)c(C)c1S(=O)(=O)N(C)Cc1ccco1. The summed E-state index contributed by atoms with van der Waals surface area (Å²) in [6.07, 6.45) is 1.84. The quantitative estimate of drug-likeness (QED) is 0.648. The number of aryl methyl sites for hydroxylation is 1. The molecule has 1 amide bonds. The van der Waals surface area contributed by atoms with E-state index in [0.717, 1.165) is 0 Å². The van der Waals surface area contributed by atoms with Crippen LogP contribution in [0.2, 0.25) is 0 Å². The molecule has 0 saturated carbocycles. The molecule has 10 nitrogen and oxygen atoms in total. The van der Waals surface area contributed by atoms with Gasteiger partial charge in [-0.05, 0) is 39.3 Å². The summed E-state index contributed by atoms with van der Waals surface area (Å²) >= 11 is 0. The van der Waals surface area contributed by atoms with Gasteiger partial charge in [0.1, 0.15) is 16.7 Å². The van der Waals surface area contributed by atoms with Crippen LogP contribution in [-0.2, 0) is 31.2 Å². The van der Waals surface area contributed by atoms with Gasteiger partial charge < -0.3 is 9.73 Å². The summed E-state index contributed by atoms with van der Waals surface area (Å²) in [6.45, 7) is 4.83. The Morgan fingerprint density at radius 1 is 1.43 bits per heavy atom. The van der Waals surface area contributed by atoms with E-state index in [0.29, 0.717) is 17.9 Å². The molecule has 3 rings (SSSR count). The molecule has 166 valence electrons. The van der Waals surface area contributed by atoms with Crippen molar-refractivity contribution in [2.24, 2.45) is 0 Å². The lowest BCUT2D eigenvalue weighted by Gasteiger charge is -2.19. The third kappa shape index (κ3) is 4.44. The fraction of sp³-hybridized carbons (Fsp3) is 0.556. The number of furan rings is 1. The van der Waals surface area contributed by atoms with Crippen LogP contribution in [-0.4, -0.2) is 61.4 Å². The van der Waals surface area contributed by atoms with E-state index < -0.39 is 37.9 Å². The van der Waals surface area contributed by atoms with Crippen molar-refractivity contribution in [3.05, 3.63) is 35.5 Å². The second kappa shape index (κ2) is 8.16. The summed E-state index contributed by atoms with van der Waals surface area (Å²) in [7, 11) is -5.55. The van der Waals surface area contributed by atoms with Crippen molar-refractivity contribution >= 4 is 25.8 Å². The molecule has 0 spiro atoms. The molecular weight excluding hydrogens is 432 g/mol. The van der Waals surface area contributed by atoms with Crippen molar-refractivity contribution < 1.29 is 26.0 Å². The molecule has 0 unspecified atom stereocenters. The Kier molecular flexibility index (Phi) is 6.12. The number of nitrogens with one attached hydrogen (secondary N) is 1. The number of amides is 1. The normalized spacial score (nSPS) is 19.8. The number of sulfonamides is 1. The van der Waals surface area contributed by atoms with Gasteiger partial charge in [-0.15, -0.1) is 0 Å². The highest BCUT2D eigenvalue weighted by Crippen LogP contribution is 2.26. The molecule has 30 heavy (non-hydrogen) atoms. The highest BCUT2D eigenvalue weighted by molar-refractivity contribution is 7.91. The van der Waals surface area contributed by atoms with Crippen LogP contribution in [0.5, 0.6) is 0 Å². The van der Waals surface area contributed by atoms with Gasteiger partial charge in [0, 0.05) is 13.1 Å². The molecule has 0 aromatic carbocycles. The Morgan fingerprint density at radius 2 is 2.13 bits per heavy atom. The van der Waals surface area contributed by atoms with E-state index in [1.54, 1.807) is 32.9 Å².